The second kappa shape index (κ2) is 7.10. The van der Waals surface area contributed by atoms with Crippen LogP contribution in [0.1, 0.15) is 31.9 Å². The maximum atomic E-state index is 5.89. The van der Waals surface area contributed by atoms with Crippen molar-refractivity contribution < 1.29 is 9.47 Å². The molecule has 0 fully saturated rings. The first-order valence-electron chi connectivity index (χ1n) is 6.55. The van der Waals surface area contributed by atoms with Gasteiger partial charge >= 0.3 is 0 Å². The average Bonchev–Trinajstić information content (AvgIpc) is 2.36. The normalized spacial score (nSPS) is 10.5. The van der Waals surface area contributed by atoms with Crippen LogP contribution in [0, 0.1) is 5.92 Å². The Balaban J connectivity index is 3.08. The van der Waals surface area contributed by atoms with E-state index in [4.69, 9.17) is 9.47 Å². The lowest BCUT2D eigenvalue weighted by Crippen LogP contribution is -2.07. The summed E-state index contributed by atoms with van der Waals surface area (Å²) in [4.78, 5) is 0. The van der Waals surface area contributed by atoms with Gasteiger partial charge in [0.05, 0.1) is 13.7 Å². The van der Waals surface area contributed by atoms with Crippen LogP contribution in [0.15, 0.2) is 24.8 Å². The van der Waals surface area contributed by atoms with Gasteiger partial charge in [0.25, 0.3) is 0 Å². The van der Waals surface area contributed by atoms with Crippen LogP contribution in [0.3, 0.4) is 0 Å². The zero-order valence-corrected chi connectivity index (χ0v) is 12.0. The van der Waals surface area contributed by atoms with E-state index in [1.54, 1.807) is 7.11 Å². The maximum absolute atomic E-state index is 5.89. The minimum atomic E-state index is 0.507. The summed E-state index contributed by atoms with van der Waals surface area (Å²) in [6.07, 6.45) is 3.70. The van der Waals surface area contributed by atoms with Crippen molar-refractivity contribution in [3.63, 3.8) is 0 Å². The molecule has 0 aliphatic carbocycles. The molecule has 0 aliphatic heterocycles. The van der Waals surface area contributed by atoms with E-state index in [0.717, 1.165) is 24.3 Å². The fraction of sp³-hybridized carbons (Fsp3) is 0.500. The van der Waals surface area contributed by atoms with Crippen LogP contribution < -0.4 is 9.47 Å². The molecule has 0 bridgehead atoms. The first-order chi connectivity index (χ1) is 8.62. The van der Waals surface area contributed by atoms with Crippen LogP contribution >= 0.6 is 0 Å². The largest absolute Gasteiger partial charge is 0.493 e. The van der Waals surface area contributed by atoms with E-state index < -0.39 is 0 Å². The summed E-state index contributed by atoms with van der Waals surface area (Å²) in [6.45, 7) is 10.9. The number of aryl methyl sites for hydroxylation is 1. The first kappa shape index (κ1) is 14.6. The zero-order chi connectivity index (χ0) is 13.5. The van der Waals surface area contributed by atoms with Gasteiger partial charge < -0.3 is 9.47 Å². The molecule has 1 rings (SSSR count). The second-order valence-corrected chi connectivity index (χ2v) is 4.84. The average molecular weight is 248 g/mol. The summed E-state index contributed by atoms with van der Waals surface area (Å²) in [6, 6.07) is 4.22. The van der Waals surface area contributed by atoms with Crippen molar-refractivity contribution >= 4 is 0 Å². The Labute approximate surface area is 111 Å². The molecule has 2 heteroatoms. The molecular weight excluding hydrogens is 224 g/mol. The summed E-state index contributed by atoms with van der Waals surface area (Å²) in [5, 5.41) is 0. The third-order valence-electron chi connectivity index (χ3n) is 2.73. The lowest BCUT2D eigenvalue weighted by Gasteiger charge is -2.17. The summed E-state index contributed by atoms with van der Waals surface area (Å²) >= 11 is 0. The summed E-state index contributed by atoms with van der Waals surface area (Å²) in [7, 11) is 1.69. The number of ether oxygens (including phenoxy) is 2. The highest BCUT2D eigenvalue weighted by Gasteiger charge is 2.12. The van der Waals surface area contributed by atoms with Crippen molar-refractivity contribution in [2.24, 2.45) is 5.92 Å². The number of methoxy groups -OCH3 is 1. The van der Waals surface area contributed by atoms with Gasteiger partial charge in [-0.05, 0) is 36.0 Å². The molecule has 0 amide bonds. The zero-order valence-electron chi connectivity index (χ0n) is 12.0. The minimum Gasteiger partial charge on any atom is -0.493 e. The molecule has 0 aliphatic rings. The van der Waals surface area contributed by atoms with Crippen LogP contribution in [0.4, 0.5) is 0 Å². The van der Waals surface area contributed by atoms with Crippen LogP contribution in [-0.2, 0) is 12.8 Å². The van der Waals surface area contributed by atoms with Gasteiger partial charge in [-0.1, -0.05) is 32.9 Å². The number of rotatable bonds is 7. The minimum absolute atomic E-state index is 0.507. The molecule has 100 valence electrons. The van der Waals surface area contributed by atoms with Crippen molar-refractivity contribution in [2.75, 3.05) is 13.7 Å². The van der Waals surface area contributed by atoms with Gasteiger partial charge in [0.1, 0.15) is 0 Å². The van der Waals surface area contributed by atoms with E-state index in [1.807, 2.05) is 12.1 Å². The van der Waals surface area contributed by atoms with E-state index in [9.17, 15) is 0 Å². The Bertz CT molecular complexity index is 369. The molecule has 0 N–H and O–H groups in total. The van der Waals surface area contributed by atoms with Gasteiger partial charge in [-0.2, -0.15) is 0 Å². The van der Waals surface area contributed by atoms with E-state index in [2.05, 4.69) is 33.4 Å². The summed E-state index contributed by atoms with van der Waals surface area (Å²) < 4.78 is 11.3. The molecule has 0 saturated heterocycles. The standard InChI is InChI=1S/C16H24O2/c1-6-8-13-9-14(7-2)16(15(10-13)17-5)18-11-12(3)4/h6,9-10,12H,1,7-8,11H2,2-5H3. The van der Waals surface area contributed by atoms with Gasteiger partial charge in [0, 0.05) is 0 Å². The number of allylic oxidation sites excluding steroid dienone is 1. The van der Waals surface area contributed by atoms with Crippen LogP contribution in [-0.4, -0.2) is 13.7 Å². The quantitative estimate of drug-likeness (QED) is 0.678. The number of benzene rings is 1. The van der Waals surface area contributed by atoms with E-state index in [1.165, 1.54) is 11.1 Å². The Kier molecular flexibility index (Phi) is 5.76. The van der Waals surface area contributed by atoms with Crippen molar-refractivity contribution in [1.29, 1.82) is 0 Å². The molecule has 2 nitrogen and oxygen atoms in total. The molecule has 0 unspecified atom stereocenters. The molecule has 0 saturated carbocycles. The smallest absolute Gasteiger partial charge is 0.164 e. The lowest BCUT2D eigenvalue weighted by atomic mass is 10.0. The monoisotopic (exact) mass is 248 g/mol. The highest BCUT2D eigenvalue weighted by atomic mass is 16.5. The number of hydrogen-bond donors (Lipinski definition) is 0. The molecule has 18 heavy (non-hydrogen) atoms. The summed E-state index contributed by atoms with van der Waals surface area (Å²) in [5.74, 6) is 2.22. The topological polar surface area (TPSA) is 18.5 Å². The summed E-state index contributed by atoms with van der Waals surface area (Å²) in [5.41, 5.74) is 2.42. The Morgan fingerprint density at radius 1 is 1.33 bits per heavy atom. The van der Waals surface area contributed by atoms with E-state index in [-0.39, 0.29) is 0 Å². The molecule has 0 aromatic heterocycles. The van der Waals surface area contributed by atoms with E-state index >= 15 is 0 Å². The maximum Gasteiger partial charge on any atom is 0.164 e. The molecule has 1 aromatic rings. The number of hydrogen-bond acceptors (Lipinski definition) is 2. The molecule has 0 heterocycles. The van der Waals surface area contributed by atoms with Crippen molar-refractivity contribution in [1.82, 2.24) is 0 Å². The molecule has 0 radical (unpaired) electrons. The van der Waals surface area contributed by atoms with Gasteiger partial charge in [-0.3, -0.25) is 0 Å². The second-order valence-electron chi connectivity index (χ2n) is 4.84. The van der Waals surface area contributed by atoms with E-state index in [0.29, 0.717) is 12.5 Å². The Morgan fingerprint density at radius 2 is 2.06 bits per heavy atom. The van der Waals surface area contributed by atoms with Gasteiger partial charge in [-0.25, -0.2) is 0 Å². The highest BCUT2D eigenvalue weighted by molar-refractivity contribution is 5.50. The Hall–Kier alpha value is -1.44. The first-order valence-corrected chi connectivity index (χ1v) is 6.55. The lowest BCUT2D eigenvalue weighted by molar-refractivity contribution is 0.254. The fourth-order valence-electron chi connectivity index (χ4n) is 1.84. The van der Waals surface area contributed by atoms with Crippen LogP contribution in [0.2, 0.25) is 0 Å². The van der Waals surface area contributed by atoms with Crippen molar-refractivity contribution in [2.45, 2.75) is 33.6 Å². The predicted molar refractivity (Wildman–Crippen MR) is 76.6 cm³/mol. The van der Waals surface area contributed by atoms with Gasteiger partial charge in [0.15, 0.2) is 11.5 Å². The predicted octanol–water partition coefficient (Wildman–Crippen LogP) is 4.02. The van der Waals surface area contributed by atoms with Gasteiger partial charge in [0.2, 0.25) is 0 Å². The molecule has 1 aromatic carbocycles. The Morgan fingerprint density at radius 3 is 2.56 bits per heavy atom. The molecular formula is C16H24O2. The van der Waals surface area contributed by atoms with Crippen molar-refractivity contribution in [3.05, 3.63) is 35.9 Å². The van der Waals surface area contributed by atoms with Crippen LogP contribution in [0.5, 0.6) is 11.5 Å². The molecule has 0 atom stereocenters. The van der Waals surface area contributed by atoms with Crippen molar-refractivity contribution in [3.8, 4) is 11.5 Å². The fourth-order valence-corrected chi connectivity index (χ4v) is 1.84. The van der Waals surface area contributed by atoms with Gasteiger partial charge in [-0.15, -0.1) is 6.58 Å². The third kappa shape index (κ3) is 3.80. The third-order valence-corrected chi connectivity index (χ3v) is 2.73. The SMILES string of the molecule is C=CCc1cc(CC)c(OCC(C)C)c(OC)c1. The highest BCUT2D eigenvalue weighted by Crippen LogP contribution is 2.34. The molecule has 0 spiro atoms. The van der Waals surface area contributed by atoms with Crippen LogP contribution in [0.25, 0.3) is 0 Å².